The quantitative estimate of drug-likeness (QED) is 0.743. The summed E-state index contributed by atoms with van der Waals surface area (Å²) in [6.07, 6.45) is 2.20. The third-order valence-electron chi connectivity index (χ3n) is 4.49. The maximum Gasteiger partial charge on any atom is 0.193 e. The van der Waals surface area contributed by atoms with E-state index in [1.54, 1.807) is 0 Å². The van der Waals surface area contributed by atoms with Gasteiger partial charge in [0.05, 0.1) is 30.6 Å². The molecule has 2 aromatic carbocycles. The van der Waals surface area contributed by atoms with Crippen molar-refractivity contribution in [3.8, 4) is 0 Å². The van der Waals surface area contributed by atoms with Gasteiger partial charge in [-0.15, -0.1) is 0 Å². The molecule has 2 saturated heterocycles. The summed E-state index contributed by atoms with van der Waals surface area (Å²) in [4.78, 5) is 0.787. The topological polar surface area (TPSA) is 60.6 Å². The van der Waals surface area contributed by atoms with Gasteiger partial charge in [0.15, 0.2) is 5.44 Å². The highest BCUT2D eigenvalue weighted by molar-refractivity contribution is 7.86. The lowest BCUT2D eigenvalue weighted by Crippen LogP contribution is -2.29. The van der Waals surface area contributed by atoms with Gasteiger partial charge in [0.2, 0.25) is 0 Å². The highest BCUT2D eigenvalue weighted by Gasteiger charge is 2.35. The average Bonchev–Trinajstić information content (AvgIpc) is 3.53. The fraction of sp³-hybridized carbons (Fsp3) is 0.368. The molecule has 0 spiro atoms. The van der Waals surface area contributed by atoms with E-state index in [2.05, 4.69) is 12.1 Å². The fourth-order valence-corrected chi connectivity index (χ4v) is 4.31. The summed E-state index contributed by atoms with van der Waals surface area (Å²) in [5, 5.41) is 2.19. The first kappa shape index (κ1) is 15.5. The summed E-state index contributed by atoms with van der Waals surface area (Å²) < 4.78 is 35.3. The number of benzene rings is 2. The second kappa shape index (κ2) is 6.21. The fourth-order valence-electron chi connectivity index (χ4n) is 2.93. The summed E-state index contributed by atoms with van der Waals surface area (Å²) in [6.45, 7) is 2.32. The summed E-state index contributed by atoms with van der Waals surface area (Å²) >= 11 is 0. The van der Waals surface area contributed by atoms with E-state index >= 15 is 0 Å². The van der Waals surface area contributed by atoms with Gasteiger partial charge in [0, 0.05) is 4.90 Å². The molecule has 5 rings (SSSR count). The molecular formula is C19H18O5S. The van der Waals surface area contributed by atoms with Crippen LogP contribution >= 0.6 is 0 Å². The minimum Gasteiger partial charge on any atom is -0.491 e. The molecular weight excluding hydrogens is 340 g/mol. The van der Waals surface area contributed by atoms with Gasteiger partial charge in [0.1, 0.15) is 24.6 Å². The van der Waals surface area contributed by atoms with Gasteiger partial charge in [-0.3, -0.25) is 4.21 Å². The summed E-state index contributed by atoms with van der Waals surface area (Å²) in [5.74, 6) is 0.609. The molecule has 6 heteroatoms. The van der Waals surface area contributed by atoms with E-state index in [-0.39, 0.29) is 12.2 Å². The van der Waals surface area contributed by atoms with Crippen molar-refractivity contribution in [1.29, 1.82) is 0 Å². The van der Waals surface area contributed by atoms with Gasteiger partial charge in [-0.2, -0.15) is 0 Å². The van der Waals surface area contributed by atoms with Crippen LogP contribution in [0.1, 0.15) is 5.56 Å². The Bertz CT molecular complexity index is 869. The molecule has 3 aliphatic heterocycles. The molecule has 25 heavy (non-hydrogen) atoms. The monoisotopic (exact) mass is 358 g/mol. The van der Waals surface area contributed by atoms with E-state index < -0.39 is 16.2 Å². The molecule has 0 amide bonds. The van der Waals surface area contributed by atoms with Crippen LogP contribution in [0, 0.1) is 0 Å². The summed E-state index contributed by atoms with van der Waals surface area (Å²) in [5.41, 5.74) is 0.322. The first-order valence-electron chi connectivity index (χ1n) is 8.40. The van der Waals surface area contributed by atoms with Gasteiger partial charge < -0.3 is 18.9 Å². The Morgan fingerprint density at radius 3 is 2.44 bits per heavy atom. The molecule has 4 atom stereocenters. The van der Waals surface area contributed by atoms with E-state index in [9.17, 15) is 4.21 Å². The SMILES string of the molecule is O=S1c2cc3ccccc3cc2C=C(OCC2CO2)C1OCC1CO1. The molecule has 3 aliphatic rings. The van der Waals surface area contributed by atoms with Crippen molar-refractivity contribution in [2.24, 2.45) is 0 Å². The minimum atomic E-state index is -1.33. The first-order chi connectivity index (χ1) is 12.3. The number of epoxide rings is 2. The van der Waals surface area contributed by atoms with Crippen LogP contribution < -0.4 is 0 Å². The zero-order valence-corrected chi connectivity index (χ0v) is 14.4. The van der Waals surface area contributed by atoms with Crippen molar-refractivity contribution < 1.29 is 23.2 Å². The lowest BCUT2D eigenvalue weighted by atomic mass is 10.1. The largest absolute Gasteiger partial charge is 0.491 e. The van der Waals surface area contributed by atoms with Crippen LogP contribution in [-0.4, -0.2) is 48.3 Å². The second-order valence-corrected chi connectivity index (χ2v) is 7.93. The highest BCUT2D eigenvalue weighted by Crippen LogP contribution is 2.34. The van der Waals surface area contributed by atoms with Gasteiger partial charge in [-0.05, 0) is 34.5 Å². The predicted octanol–water partition coefficient (Wildman–Crippen LogP) is 2.46. The molecule has 0 radical (unpaired) electrons. The van der Waals surface area contributed by atoms with Crippen LogP contribution in [0.2, 0.25) is 0 Å². The number of rotatable bonds is 6. The lowest BCUT2D eigenvalue weighted by molar-refractivity contribution is 0.0631. The first-order valence-corrected chi connectivity index (χ1v) is 9.62. The standard InChI is InChI=1S/C19H18O5S/c20-25-18-7-13-4-2-1-3-12(13)5-14(18)6-17(23-10-15-8-21-15)19(25)24-11-16-9-22-16/h1-7,15-16,19H,8-11H2. The van der Waals surface area contributed by atoms with Crippen LogP contribution in [-0.2, 0) is 29.7 Å². The van der Waals surface area contributed by atoms with Crippen LogP contribution in [0.4, 0.5) is 0 Å². The zero-order valence-electron chi connectivity index (χ0n) is 13.6. The molecule has 0 aromatic heterocycles. The van der Waals surface area contributed by atoms with Crippen molar-refractivity contribution in [2.45, 2.75) is 22.5 Å². The van der Waals surface area contributed by atoms with E-state index in [0.29, 0.717) is 25.6 Å². The zero-order chi connectivity index (χ0) is 16.8. The Labute approximate surface area is 148 Å². The number of hydrogen-bond acceptors (Lipinski definition) is 5. The number of ether oxygens (including phenoxy) is 4. The van der Waals surface area contributed by atoms with E-state index in [0.717, 1.165) is 27.8 Å². The Morgan fingerprint density at radius 2 is 1.72 bits per heavy atom. The third kappa shape index (κ3) is 3.22. The van der Waals surface area contributed by atoms with E-state index in [1.807, 2.05) is 30.3 Å². The maximum atomic E-state index is 13.2. The molecule has 130 valence electrons. The Hall–Kier alpha value is -1.73. The lowest BCUT2D eigenvalue weighted by Gasteiger charge is -2.25. The van der Waals surface area contributed by atoms with Crippen LogP contribution in [0.25, 0.3) is 16.8 Å². The van der Waals surface area contributed by atoms with Gasteiger partial charge in [-0.1, -0.05) is 24.3 Å². The molecule has 3 heterocycles. The average molecular weight is 358 g/mol. The van der Waals surface area contributed by atoms with Crippen molar-refractivity contribution in [1.82, 2.24) is 0 Å². The molecule has 2 aromatic rings. The smallest absolute Gasteiger partial charge is 0.193 e. The van der Waals surface area contributed by atoms with Crippen molar-refractivity contribution in [3.63, 3.8) is 0 Å². The number of hydrogen-bond donors (Lipinski definition) is 0. The molecule has 5 nitrogen and oxygen atoms in total. The Morgan fingerprint density at radius 1 is 1.04 bits per heavy atom. The summed E-state index contributed by atoms with van der Waals surface area (Å²) in [6, 6.07) is 12.1. The second-order valence-electron chi connectivity index (χ2n) is 6.47. The van der Waals surface area contributed by atoms with Crippen LogP contribution in [0.3, 0.4) is 0 Å². The maximum absolute atomic E-state index is 13.2. The molecule has 4 unspecified atom stereocenters. The molecule has 0 N–H and O–H groups in total. The van der Waals surface area contributed by atoms with Crippen molar-refractivity contribution >= 4 is 27.6 Å². The molecule has 0 aliphatic carbocycles. The number of fused-ring (bicyclic) bond motifs is 2. The predicted molar refractivity (Wildman–Crippen MR) is 93.5 cm³/mol. The Balaban J connectivity index is 1.50. The highest BCUT2D eigenvalue weighted by atomic mass is 32.2. The molecule has 0 saturated carbocycles. The van der Waals surface area contributed by atoms with Gasteiger partial charge >= 0.3 is 0 Å². The van der Waals surface area contributed by atoms with Gasteiger partial charge in [-0.25, -0.2) is 0 Å². The van der Waals surface area contributed by atoms with E-state index in [4.69, 9.17) is 18.9 Å². The molecule has 2 fully saturated rings. The third-order valence-corrected chi connectivity index (χ3v) is 6.04. The molecule has 0 bridgehead atoms. The summed E-state index contributed by atoms with van der Waals surface area (Å²) in [7, 11) is -1.33. The van der Waals surface area contributed by atoms with Crippen LogP contribution in [0.5, 0.6) is 0 Å². The normalized spacial score (nSPS) is 29.8. The Kier molecular flexibility index (Phi) is 3.86. The minimum absolute atomic E-state index is 0.114. The van der Waals surface area contributed by atoms with Gasteiger partial charge in [0.25, 0.3) is 0 Å². The van der Waals surface area contributed by atoms with E-state index in [1.165, 1.54) is 0 Å². The van der Waals surface area contributed by atoms with Crippen LogP contribution in [0.15, 0.2) is 47.1 Å². The van der Waals surface area contributed by atoms with Crippen molar-refractivity contribution in [3.05, 3.63) is 47.7 Å². The van der Waals surface area contributed by atoms with Crippen molar-refractivity contribution in [2.75, 3.05) is 26.4 Å².